The highest BCUT2D eigenvalue weighted by Gasteiger charge is 2.26. The van der Waals surface area contributed by atoms with E-state index in [9.17, 15) is 4.79 Å². The molecule has 1 amide bonds. The van der Waals surface area contributed by atoms with Crippen LogP contribution in [0.5, 0.6) is 0 Å². The van der Waals surface area contributed by atoms with Crippen molar-refractivity contribution < 1.29 is 4.79 Å². The van der Waals surface area contributed by atoms with Crippen LogP contribution in [0.1, 0.15) is 21.1 Å². The summed E-state index contributed by atoms with van der Waals surface area (Å²) in [6.07, 6.45) is 1.51. The molecule has 172 valence electrons. The third-order valence-electron chi connectivity index (χ3n) is 6.09. The lowest BCUT2D eigenvalue weighted by Crippen LogP contribution is -2.49. The second-order valence-electron chi connectivity index (χ2n) is 8.28. The number of hydrogen-bond acceptors (Lipinski definition) is 7. The number of para-hydroxylation sites is 1. The topological polar surface area (TPSA) is 84.5 Å². The van der Waals surface area contributed by atoms with Crippen molar-refractivity contribution >= 4 is 50.7 Å². The third kappa shape index (κ3) is 3.41. The highest BCUT2D eigenvalue weighted by atomic mass is 35.5. The van der Waals surface area contributed by atoms with Crippen LogP contribution >= 0.6 is 22.9 Å². The van der Waals surface area contributed by atoms with E-state index in [1.54, 1.807) is 4.52 Å². The molecular weight excluding hydrogens is 472 g/mol. The molecule has 0 saturated carbocycles. The minimum absolute atomic E-state index is 0.0442. The molecule has 0 spiro atoms. The Kier molecular flexibility index (Phi) is 5.00. The molecule has 6 rings (SSSR count). The fourth-order valence-corrected chi connectivity index (χ4v) is 5.73. The van der Waals surface area contributed by atoms with Gasteiger partial charge in [-0.25, -0.2) is 9.67 Å². The van der Waals surface area contributed by atoms with Gasteiger partial charge >= 0.3 is 0 Å². The molecule has 5 heterocycles. The first-order valence-electron chi connectivity index (χ1n) is 11.0. The molecule has 34 heavy (non-hydrogen) atoms. The van der Waals surface area contributed by atoms with Crippen LogP contribution in [-0.2, 0) is 0 Å². The van der Waals surface area contributed by atoms with Crippen molar-refractivity contribution in [3.63, 3.8) is 0 Å². The molecule has 0 aliphatic carbocycles. The van der Waals surface area contributed by atoms with Crippen LogP contribution in [0.15, 0.2) is 42.7 Å². The van der Waals surface area contributed by atoms with E-state index >= 15 is 0 Å². The molecular formula is C23H21ClN8OS. The summed E-state index contributed by atoms with van der Waals surface area (Å²) in [5.41, 5.74) is 2.57. The van der Waals surface area contributed by atoms with Gasteiger partial charge in [0.25, 0.3) is 11.7 Å². The molecule has 5 aromatic rings. The predicted octanol–water partition coefficient (Wildman–Crippen LogP) is 3.76. The average molecular weight is 493 g/mol. The monoisotopic (exact) mass is 492 g/mol. The highest BCUT2D eigenvalue weighted by Crippen LogP contribution is 2.33. The largest absolute Gasteiger partial charge is 0.353 e. The van der Waals surface area contributed by atoms with E-state index in [0.29, 0.717) is 41.9 Å². The van der Waals surface area contributed by atoms with Crippen molar-refractivity contribution in [3.05, 3.63) is 64.0 Å². The number of amides is 1. The second kappa shape index (κ2) is 8.07. The number of piperazine rings is 1. The number of fused-ring (bicyclic) bond motifs is 2. The van der Waals surface area contributed by atoms with Crippen molar-refractivity contribution in [1.29, 1.82) is 0 Å². The Balaban J connectivity index is 1.24. The molecule has 1 saturated heterocycles. The maximum Gasteiger partial charge on any atom is 0.264 e. The van der Waals surface area contributed by atoms with Gasteiger partial charge in [0.2, 0.25) is 0 Å². The summed E-state index contributed by atoms with van der Waals surface area (Å²) < 4.78 is 3.58. The average Bonchev–Trinajstić information content (AvgIpc) is 3.55. The number of aromatic nitrogens is 6. The van der Waals surface area contributed by atoms with Gasteiger partial charge in [0.1, 0.15) is 17.0 Å². The smallest absolute Gasteiger partial charge is 0.264 e. The van der Waals surface area contributed by atoms with Gasteiger partial charge in [-0.3, -0.25) is 4.79 Å². The summed E-state index contributed by atoms with van der Waals surface area (Å²) in [6, 6.07) is 11.6. The van der Waals surface area contributed by atoms with E-state index in [2.05, 4.69) is 25.1 Å². The van der Waals surface area contributed by atoms with E-state index < -0.39 is 0 Å². The first-order valence-corrected chi connectivity index (χ1v) is 12.1. The fraction of sp³-hybridized carbons (Fsp3) is 0.261. The standard InChI is InChI=1S/C23H21ClN8OS/c1-14-11-20(32-23(27-14)25-13-26-32)29-7-9-30(10-8-29)21(33)19-12-16-15(2)28-31(22(16)34-19)18-6-4-3-5-17(18)24/h3-6,11-13H,7-10H2,1-2H3. The van der Waals surface area contributed by atoms with Gasteiger partial charge in [0.15, 0.2) is 0 Å². The number of carbonyl (C=O) groups is 1. The second-order valence-corrected chi connectivity index (χ2v) is 9.72. The molecule has 11 heteroatoms. The van der Waals surface area contributed by atoms with Gasteiger partial charge in [0, 0.05) is 43.3 Å². The van der Waals surface area contributed by atoms with Gasteiger partial charge < -0.3 is 9.80 Å². The van der Waals surface area contributed by atoms with Gasteiger partial charge in [0.05, 0.1) is 21.3 Å². The number of halogens is 1. The van der Waals surface area contributed by atoms with E-state index in [1.807, 2.05) is 59.8 Å². The molecule has 1 aliphatic heterocycles. The molecule has 0 bridgehead atoms. The predicted molar refractivity (Wildman–Crippen MR) is 132 cm³/mol. The Hall–Kier alpha value is -3.50. The Bertz CT molecular complexity index is 1550. The molecule has 0 N–H and O–H groups in total. The Morgan fingerprint density at radius 3 is 2.68 bits per heavy atom. The first-order chi connectivity index (χ1) is 16.5. The summed E-state index contributed by atoms with van der Waals surface area (Å²) in [7, 11) is 0. The number of benzene rings is 1. The zero-order valence-corrected chi connectivity index (χ0v) is 20.2. The van der Waals surface area contributed by atoms with E-state index in [4.69, 9.17) is 11.6 Å². The first kappa shape index (κ1) is 21.1. The van der Waals surface area contributed by atoms with Gasteiger partial charge in [-0.15, -0.1) is 11.3 Å². The number of nitrogens with zero attached hydrogens (tertiary/aromatic N) is 8. The number of aryl methyl sites for hydroxylation is 2. The molecule has 1 aliphatic rings. The van der Waals surface area contributed by atoms with Crippen LogP contribution < -0.4 is 4.90 Å². The van der Waals surface area contributed by atoms with Crippen molar-refractivity contribution in [1.82, 2.24) is 34.3 Å². The molecule has 0 atom stereocenters. The third-order valence-corrected chi connectivity index (χ3v) is 7.51. The van der Waals surface area contributed by atoms with Crippen molar-refractivity contribution in [3.8, 4) is 5.69 Å². The van der Waals surface area contributed by atoms with Crippen molar-refractivity contribution in [2.45, 2.75) is 13.8 Å². The molecule has 1 aromatic carbocycles. The molecule has 4 aromatic heterocycles. The number of hydrogen-bond donors (Lipinski definition) is 0. The molecule has 0 radical (unpaired) electrons. The zero-order chi connectivity index (χ0) is 23.4. The van der Waals surface area contributed by atoms with Crippen LogP contribution in [0.2, 0.25) is 5.02 Å². The number of anilines is 1. The lowest BCUT2D eigenvalue weighted by atomic mass is 10.2. The Morgan fingerprint density at radius 1 is 1.09 bits per heavy atom. The van der Waals surface area contributed by atoms with Crippen LogP contribution in [0.25, 0.3) is 21.7 Å². The summed E-state index contributed by atoms with van der Waals surface area (Å²) >= 11 is 7.87. The normalized spacial score (nSPS) is 14.4. The fourth-order valence-electron chi connectivity index (χ4n) is 4.37. The lowest BCUT2D eigenvalue weighted by molar-refractivity contribution is 0.0751. The Morgan fingerprint density at radius 2 is 1.88 bits per heavy atom. The zero-order valence-electron chi connectivity index (χ0n) is 18.6. The molecule has 1 fully saturated rings. The summed E-state index contributed by atoms with van der Waals surface area (Å²) in [4.78, 5) is 27.8. The molecule has 0 unspecified atom stereocenters. The van der Waals surface area contributed by atoms with Crippen LogP contribution in [0, 0.1) is 13.8 Å². The maximum absolute atomic E-state index is 13.4. The number of rotatable bonds is 3. The summed E-state index contributed by atoms with van der Waals surface area (Å²) in [5, 5.41) is 10.6. The van der Waals surface area contributed by atoms with E-state index in [1.165, 1.54) is 17.7 Å². The van der Waals surface area contributed by atoms with Crippen molar-refractivity contribution in [2.75, 3.05) is 31.1 Å². The van der Waals surface area contributed by atoms with E-state index in [-0.39, 0.29) is 5.91 Å². The van der Waals surface area contributed by atoms with Crippen molar-refractivity contribution in [2.24, 2.45) is 0 Å². The van der Waals surface area contributed by atoms with Crippen LogP contribution in [0.4, 0.5) is 5.82 Å². The Labute approximate surface area is 204 Å². The van der Waals surface area contributed by atoms with Gasteiger partial charge in [-0.05, 0) is 32.0 Å². The lowest BCUT2D eigenvalue weighted by Gasteiger charge is -2.35. The summed E-state index contributed by atoms with van der Waals surface area (Å²) in [5.74, 6) is 1.58. The minimum Gasteiger partial charge on any atom is -0.353 e. The van der Waals surface area contributed by atoms with Gasteiger partial charge in [-0.2, -0.15) is 19.7 Å². The van der Waals surface area contributed by atoms with Crippen LogP contribution in [0.3, 0.4) is 0 Å². The highest BCUT2D eigenvalue weighted by molar-refractivity contribution is 7.20. The van der Waals surface area contributed by atoms with Gasteiger partial charge in [-0.1, -0.05) is 23.7 Å². The van der Waals surface area contributed by atoms with Crippen LogP contribution in [-0.4, -0.2) is 66.3 Å². The van der Waals surface area contributed by atoms with E-state index in [0.717, 1.165) is 33.1 Å². The number of thiophene rings is 1. The summed E-state index contributed by atoms with van der Waals surface area (Å²) in [6.45, 7) is 6.58. The number of carbonyl (C=O) groups excluding carboxylic acids is 1. The SMILES string of the molecule is Cc1cc(N2CCN(C(=O)c3cc4c(C)nn(-c5ccccc5Cl)c4s3)CC2)n2ncnc2n1. The maximum atomic E-state index is 13.4. The minimum atomic E-state index is 0.0442. The quantitative estimate of drug-likeness (QED) is 0.381. The molecule has 9 nitrogen and oxygen atoms in total.